The van der Waals surface area contributed by atoms with E-state index in [-0.39, 0.29) is 6.03 Å². The Balaban J connectivity index is 1.48. The van der Waals surface area contributed by atoms with Crippen molar-refractivity contribution in [1.29, 1.82) is 0 Å². The first-order chi connectivity index (χ1) is 12.6. The second-order valence-electron chi connectivity index (χ2n) is 6.06. The van der Waals surface area contributed by atoms with Gasteiger partial charge in [0.1, 0.15) is 0 Å². The third kappa shape index (κ3) is 4.64. The lowest BCUT2D eigenvalue weighted by Gasteiger charge is -2.18. The van der Waals surface area contributed by atoms with Gasteiger partial charge in [-0.15, -0.1) is 0 Å². The van der Waals surface area contributed by atoms with Crippen LogP contribution in [-0.2, 0) is 13.0 Å². The molecule has 134 valence electrons. The van der Waals surface area contributed by atoms with Gasteiger partial charge in [-0.2, -0.15) is 5.10 Å². The van der Waals surface area contributed by atoms with Gasteiger partial charge in [0.25, 0.3) is 0 Å². The molecule has 0 bridgehead atoms. The third-order valence-corrected chi connectivity index (χ3v) is 4.43. The number of carbonyl (C=O) groups is 1. The molecule has 3 rings (SSSR count). The van der Waals surface area contributed by atoms with Crippen LogP contribution in [0.1, 0.15) is 11.1 Å². The summed E-state index contributed by atoms with van der Waals surface area (Å²) in [6.07, 6.45) is 4.53. The number of hydrogen-bond donors (Lipinski definition) is 1. The summed E-state index contributed by atoms with van der Waals surface area (Å²) in [4.78, 5) is 13.8. The molecule has 0 radical (unpaired) electrons. The summed E-state index contributed by atoms with van der Waals surface area (Å²) >= 11 is 6.14. The average Bonchev–Trinajstić information content (AvgIpc) is 3.13. The molecule has 6 heteroatoms. The van der Waals surface area contributed by atoms with Crippen LogP contribution in [-0.4, -0.2) is 34.3 Å². The summed E-state index contributed by atoms with van der Waals surface area (Å²) in [6.45, 7) is 1.02. The van der Waals surface area contributed by atoms with Crippen molar-refractivity contribution < 1.29 is 4.79 Å². The fraction of sp³-hybridized carbons (Fsp3) is 0.200. The van der Waals surface area contributed by atoms with E-state index in [1.165, 1.54) is 0 Å². The van der Waals surface area contributed by atoms with E-state index in [9.17, 15) is 4.79 Å². The van der Waals surface area contributed by atoms with Gasteiger partial charge in [0, 0.05) is 31.4 Å². The fourth-order valence-electron chi connectivity index (χ4n) is 2.61. The second kappa shape index (κ2) is 8.54. The van der Waals surface area contributed by atoms with E-state index in [1.54, 1.807) is 11.9 Å². The molecular weight excluding hydrogens is 348 g/mol. The lowest BCUT2D eigenvalue weighted by molar-refractivity contribution is 0.207. The molecule has 0 saturated heterocycles. The maximum atomic E-state index is 12.2. The molecule has 0 saturated carbocycles. The van der Waals surface area contributed by atoms with Crippen LogP contribution < -0.4 is 5.32 Å². The number of para-hydroxylation sites is 1. The molecule has 0 aliphatic heterocycles. The monoisotopic (exact) mass is 368 g/mol. The Morgan fingerprint density at radius 1 is 1.15 bits per heavy atom. The van der Waals surface area contributed by atoms with Crippen LogP contribution in [0.15, 0.2) is 67.0 Å². The number of amides is 2. The summed E-state index contributed by atoms with van der Waals surface area (Å²) in [5, 5.41) is 7.96. The van der Waals surface area contributed by atoms with Crippen molar-refractivity contribution in [3.8, 4) is 5.69 Å². The maximum absolute atomic E-state index is 12.2. The van der Waals surface area contributed by atoms with Crippen LogP contribution in [0.5, 0.6) is 0 Å². The van der Waals surface area contributed by atoms with Crippen LogP contribution in [0.4, 0.5) is 4.79 Å². The zero-order chi connectivity index (χ0) is 18.4. The van der Waals surface area contributed by atoms with Gasteiger partial charge in [0.2, 0.25) is 0 Å². The lowest BCUT2D eigenvalue weighted by atomic mass is 10.2. The van der Waals surface area contributed by atoms with Crippen molar-refractivity contribution >= 4 is 17.6 Å². The van der Waals surface area contributed by atoms with E-state index >= 15 is 0 Å². The minimum absolute atomic E-state index is 0.125. The zero-order valence-electron chi connectivity index (χ0n) is 14.6. The number of aromatic nitrogens is 2. The maximum Gasteiger partial charge on any atom is 0.317 e. The Hall–Kier alpha value is -2.79. The molecule has 1 heterocycles. The summed E-state index contributed by atoms with van der Waals surface area (Å²) in [6, 6.07) is 17.3. The zero-order valence-corrected chi connectivity index (χ0v) is 15.4. The van der Waals surface area contributed by atoms with Gasteiger partial charge in [-0.05, 0) is 35.7 Å². The highest BCUT2D eigenvalue weighted by Crippen LogP contribution is 2.16. The Bertz CT molecular complexity index is 863. The normalized spacial score (nSPS) is 10.5. The predicted molar refractivity (Wildman–Crippen MR) is 104 cm³/mol. The minimum Gasteiger partial charge on any atom is -0.338 e. The molecule has 0 aliphatic carbocycles. The molecule has 0 fully saturated rings. The predicted octanol–water partition coefficient (Wildman–Crippen LogP) is 3.91. The minimum atomic E-state index is -0.125. The second-order valence-corrected chi connectivity index (χ2v) is 6.47. The third-order valence-electron chi connectivity index (χ3n) is 4.06. The van der Waals surface area contributed by atoms with Gasteiger partial charge in [-0.1, -0.05) is 48.0 Å². The molecule has 1 aromatic heterocycles. The SMILES string of the molecule is CN(Cc1ccccc1Cl)C(=O)NCCc1cnn(-c2ccccc2)c1. The molecule has 1 N–H and O–H groups in total. The van der Waals surface area contributed by atoms with Crippen LogP contribution in [0.3, 0.4) is 0 Å². The highest BCUT2D eigenvalue weighted by Gasteiger charge is 2.10. The molecular formula is C20H21ClN4O. The summed E-state index contributed by atoms with van der Waals surface area (Å²) in [5.74, 6) is 0. The quantitative estimate of drug-likeness (QED) is 0.717. The standard InChI is InChI=1S/C20H21ClN4O/c1-24(15-17-7-5-6-10-19(17)21)20(26)22-12-11-16-13-23-25(14-16)18-8-3-2-4-9-18/h2-10,13-14H,11-12,15H2,1H3,(H,22,26). The first-order valence-electron chi connectivity index (χ1n) is 8.45. The molecule has 26 heavy (non-hydrogen) atoms. The number of urea groups is 1. The van der Waals surface area contributed by atoms with E-state index in [4.69, 9.17) is 11.6 Å². The largest absolute Gasteiger partial charge is 0.338 e. The van der Waals surface area contributed by atoms with E-state index in [0.717, 1.165) is 23.2 Å². The Labute approximate surface area is 158 Å². The molecule has 0 aliphatic rings. The van der Waals surface area contributed by atoms with Gasteiger partial charge < -0.3 is 10.2 Å². The molecule has 0 atom stereocenters. The first kappa shape index (κ1) is 18.0. The van der Waals surface area contributed by atoms with Crippen molar-refractivity contribution in [3.05, 3.63) is 83.1 Å². The molecule has 2 amide bonds. The van der Waals surface area contributed by atoms with Gasteiger partial charge in [0.15, 0.2) is 0 Å². The number of carbonyl (C=O) groups excluding carboxylic acids is 1. The van der Waals surface area contributed by atoms with Crippen molar-refractivity contribution in [3.63, 3.8) is 0 Å². The van der Waals surface area contributed by atoms with E-state index in [2.05, 4.69) is 10.4 Å². The summed E-state index contributed by atoms with van der Waals surface area (Å²) in [5.41, 5.74) is 3.01. The van der Waals surface area contributed by atoms with E-state index in [1.807, 2.05) is 71.7 Å². The summed E-state index contributed by atoms with van der Waals surface area (Å²) < 4.78 is 1.83. The van der Waals surface area contributed by atoms with Crippen molar-refractivity contribution in [2.75, 3.05) is 13.6 Å². The highest BCUT2D eigenvalue weighted by atomic mass is 35.5. The van der Waals surface area contributed by atoms with E-state index < -0.39 is 0 Å². The highest BCUT2D eigenvalue weighted by molar-refractivity contribution is 6.31. The van der Waals surface area contributed by atoms with Crippen LogP contribution >= 0.6 is 11.6 Å². The Morgan fingerprint density at radius 2 is 1.88 bits per heavy atom. The van der Waals surface area contributed by atoms with Gasteiger partial charge >= 0.3 is 6.03 Å². The molecule has 2 aromatic carbocycles. The van der Waals surface area contributed by atoms with Crippen molar-refractivity contribution in [1.82, 2.24) is 20.0 Å². The molecule has 0 unspecified atom stereocenters. The van der Waals surface area contributed by atoms with Crippen molar-refractivity contribution in [2.45, 2.75) is 13.0 Å². The number of rotatable bonds is 6. The Morgan fingerprint density at radius 3 is 2.65 bits per heavy atom. The van der Waals surface area contributed by atoms with Crippen molar-refractivity contribution in [2.24, 2.45) is 0 Å². The van der Waals surface area contributed by atoms with Crippen LogP contribution in [0.25, 0.3) is 5.69 Å². The smallest absolute Gasteiger partial charge is 0.317 e. The lowest BCUT2D eigenvalue weighted by Crippen LogP contribution is -2.37. The number of hydrogen-bond acceptors (Lipinski definition) is 2. The van der Waals surface area contributed by atoms with Crippen LogP contribution in [0, 0.1) is 0 Å². The Kier molecular flexibility index (Phi) is 5.92. The molecule has 0 spiro atoms. The molecule has 5 nitrogen and oxygen atoms in total. The van der Waals surface area contributed by atoms with Gasteiger partial charge in [-0.25, -0.2) is 9.48 Å². The fourth-order valence-corrected chi connectivity index (χ4v) is 2.81. The van der Waals surface area contributed by atoms with E-state index in [0.29, 0.717) is 18.1 Å². The van der Waals surface area contributed by atoms with Gasteiger partial charge in [-0.3, -0.25) is 0 Å². The topological polar surface area (TPSA) is 50.2 Å². The van der Waals surface area contributed by atoms with Crippen LogP contribution in [0.2, 0.25) is 5.02 Å². The number of halogens is 1. The summed E-state index contributed by atoms with van der Waals surface area (Å²) in [7, 11) is 1.76. The number of nitrogens with zero attached hydrogens (tertiary/aromatic N) is 3. The van der Waals surface area contributed by atoms with Gasteiger partial charge in [0.05, 0.1) is 11.9 Å². The average molecular weight is 369 g/mol. The number of benzene rings is 2. The number of nitrogens with one attached hydrogen (secondary N) is 1. The first-order valence-corrected chi connectivity index (χ1v) is 8.82. The molecule has 3 aromatic rings.